The summed E-state index contributed by atoms with van der Waals surface area (Å²) < 4.78 is 5.50. The topological polar surface area (TPSA) is 78.2 Å². The molecule has 0 bridgehead atoms. The highest BCUT2D eigenvalue weighted by Gasteiger charge is 2.08. The summed E-state index contributed by atoms with van der Waals surface area (Å²) in [6.45, 7) is 0.274. The van der Waals surface area contributed by atoms with Gasteiger partial charge < -0.3 is 9.84 Å². The maximum atomic E-state index is 9.69. The van der Waals surface area contributed by atoms with Crippen LogP contribution >= 0.6 is 15.9 Å². The lowest BCUT2D eigenvalue weighted by atomic mass is 10.2. The molecule has 6 heteroatoms. The maximum Gasteiger partial charge on any atom is 0.172 e. The van der Waals surface area contributed by atoms with Gasteiger partial charge in [-0.3, -0.25) is 0 Å². The van der Waals surface area contributed by atoms with Gasteiger partial charge in [-0.25, -0.2) is 0 Å². The Bertz CT molecular complexity index is 454. The molecule has 1 aromatic rings. The molecule has 16 heavy (non-hydrogen) atoms. The third kappa shape index (κ3) is 2.92. The average molecular weight is 284 g/mol. The molecule has 84 valence electrons. The number of azide groups is 1. The largest absolute Gasteiger partial charge is 0.503 e. The van der Waals surface area contributed by atoms with E-state index < -0.39 is 0 Å². The lowest BCUT2D eigenvalue weighted by molar-refractivity contribution is 0.372. The van der Waals surface area contributed by atoms with Crippen LogP contribution < -0.4 is 4.74 Å². The van der Waals surface area contributed by atoms with Crippen molar-refractivity contribution in [1.82, 2.24) is 0 Å². The van der Waals surface area contributed by atoms with E-state index in [1.807, 2.05) is 0 Å². The Balaban J connectivity index is 2.94. The van der Waals surface area contributed by atoms with Crippen LogP contribution in [0.5, 0.6) is 11.5 Å². The van der Waals surface area contributed by atoms with Gasteiger partial charge in [-0.1, -0.05) is 17.3 Å². The molecular weight excluding hydrogens is 274 g/mol. The Labute approximate surface area is 101 Å². The first-order valence-electron chi connectivity index (χ1n) is 4.43. The normalized spacial score (nSPS) is 10.1. The standard InChI is InChI=1S/C10H10BrN3O2/c1-16-8-5-4-7(9(11)10(8)15)3-2-6-13-14-12/h2-5,15H,6H2,1H3. The van der Waals surface area contributed by atoms with Crippen molar-refractivity contribution in [3.63, 3.8) is 0 Å². The molecule has 0 heterocycles. The fraction of sp³-hybridized carbons (Fsp3) is 0.200. The van der Waals surface area contributed by atoms with Crippen molar-refractivity contribution in [2.45, 2.75) is 0 Å². The molecule has 0 aliphatic carbocycles. The summed E-state index contributed by atoms with van der Waals surface area (Å²) in [6, 6.07) is 3.45. The number of halogens is 1. The van der Waals surface area contributed by atoms with E-state index in [0.717, 1.165) is 5.56 Å². The Morgan fingerprint density at radius 2 is 2.38 bits per heavy atom. The van der Waals surface area contributed by atoms with Crippen molar-refractivity contribution >= 4 is 22.0 Å². The molecule has 0 saturated carbocycles. The fourth-order valence-corrected chi connectivity index (χ4v) is 1.58. The van der Waals surface area contributed by atoms with Gasteiger partial charge in [0.2, 0.25) is 0 Å². The van der Waals surface area contributed by atoms with Crippen molar-refractivity contribution in [3.8, 4) is 11.5 Å². The molecule has 0 saturated heterocycles. The molecule has 0 unspecified atom stereocenters. The minimum atomic E-state index is 0.0495. The minimum absolute atomic E-state index is 0.0495. The van der Waals surface area contributed by atoms with E-state index in [0.29, 0.717) is 10.2 Å². The van der Waals surface area contributed by atoms with Crippen LogP contribution in [-0.4, -0.2) is 18.8 Å². The highest BCUT2D eigenvalue weighted by Crippen LogP contribution is 2.36. The van der Waals surface area contributed by atoms with Gasteiger partial charge in [0.15, 0.2) is 11.5 Å². The molecule has 0 radical (unpaired) electrons. The van der Waals surface area contributed by atoms with Gasteiger partial charge in [0, 0.05) is 11.5 Å². The van der Waals surface area contributed by atoms with Crippen molar-refractivity contribution in [2.24, 2.45) is 5.11 Å². The maximum absolute atomic E-state index is 9.69. The van der Waals surface area contributed by atoms with Crippen molar-refractivity contribution < 1.29 is 9.84 Å². The van der Waals surface area contributed by atoms with E-state index in [4.69, 9.17) is 10.3 Å². The van der Waals surface area contributed by atoms with Crippen LogP contribution in [0.3, 0.4) is 0 Å². The van der Waals surface area contributed by atoms with Crippen molar-refractivity contribution in [3.05, 3.63) is 38.7 Å². The first-order chi connectivity index (χ1) is 7.70. The Morgan fingerprint density at radius 3 is 3.00 bits per heavy atom. The minimum Gasteiger partial charge on any atom is -0.503 e. The number of hydrogen-bond donors (Lipinski definition) is 1. The van der Waals surface area contributed by atoms with Crippen LogP contribution in [0.25, 0.3) is 16.5 Å². The number of phenols is 1. The lowest BCUT2D eigenvalue weighted by Crippen LogP contribution is -1.86. The molecule has 0 aliphatic rings. The zero-order valence-electron chi connectivity index (χ0n) is 8.59. The third-order valence-electron chi connectivity index (χ3n) is 1.88. The monoisotopic (exact) mass is 283 g/mol. The second-order valence-corrected chi connectivity index (χ2v) is 3.63. The average Bonchev–Trinajstić information content (AvgIpc) is 2.30. The van der Waals surface area contributed by atoms with E-state index in [1.54, 1.807) is 24.3 Å². The summed E-state index contributed by atoms with van der Waals surface area (Å²) in [5.74, 6) is 0.451. The Morgan fingerprint density at radius 1 is 1.62 bits per heavy atom. The van der Waals surface area contributed by atoms with Gasteiger partial charge in [0.1, 0.15) is 0 Å². The molecule has 5 nitrogen and oxygen atoms in total. The quantitative estimate of drug-likeness (QED) is 0.522. The molecule has 1 aromatic carbocycles. The number of ether oxygens (including phenoxy) is 1. The summed E-state index contributed by atoms with van der Waals surface area (Å²) in [5.41, 5.74) is 8.87. The number of methoxy groups -OCH3 is 1. The second kappa shape index (κ2) is 6.05. The van der Waals surface area contributed by atoms with Crippen molar-refractivity contribution in [2.75, 3.05) is 13.7 Å². The van der Waals surface area contributed by atoms with E-state index in [9.17, 15) is 5.11 Å². The molecule has 1 N–H and O–H groups in total. The molecule has 1 rings (SSSR count). The van der Waals surface area contributed by atoms with Gasteiger partial charge in [-0.2, -0.15) is 0 Å². The zero-order valence-corrected chi connectivity index (χ0v) is 10.2. The van der Waals surface area contributed by atoms with Gasteiger partial charge >= 0.3 is 0 Å². The summed E-state index contributed by atoms with van der Waals surface area (Å²) in [6.07, 6.45) is 3.45. The molecule has 0 fully saturated rings. The van der Waals surface area contributed by atoms with Crippen LogP contribution in [0, 0.1) is 0 Å². The predicted octanol–water partition coefficient (Wildman–Crippen LogP) is 3.49. The third-order valence-corrected chi connectivity index (χ3v) is 2.71. The summed E-state index contributed by atoms with van der Waals surface area (Å²) in [4.78, 5) is 2.63. The number of nitrogens with zero attached hydrogens (tertiary/aromatic N) is 3. The smallest absolute Gasteiger partial charge is 0.172 e. The van der Waals surface area contributed by atoms with Crippen LogP contribution in [0.4, 0.5) is 0 Å². The van der Waals surface area contributed by atoms with Crippen LogP contribution in [-0.2, 0) is 0 Å². The molecule has 0 aromatic heterocycles. The first kappa shape index (κ1) is 12.4. The van der Waals surface area contributed by atoms with Crippen LogP contribution in [0.2, 0.25) is 0 Å². The van der Waals surface area contributed by atoms with E-state index in [-0.39, 0.29) is 12.3 Å². The number of hydrogen-bond acceptors (Lipinski definition) is 3. The van der Waals surface area contributed by atoms with E-state index in [2.05, 4.69) is 26.0 Å². The summed E-state index contributed by atoms with van der Waals surface area (Å²) in [5, 5.41) is 13.1. The molecule has 0 spiro atoms. The van der Waals surface area contributed by atoms with Crippen molar-refractivity contribution in [1.29, 1.82) is 0 Å². The van der Waals surface area contributed by atoms with E-state index in [1.165, 1.54) is 7.11 Å². The second-order valence-electron chi connectivity index (χ2n) is 2.84. The van der Waals surface area contributed by atoms with Gasteiger partial charge in [0.25, 0.3) is 0 Å². The Hall–Kier alpha value is -1.65. The molecule has 0 aliphatic heterocycles. The highest BCUT2D eigenvalue weighted by atomic mass is 79.9. The summed E-state index contributed by atoms with van der Waals surface area (Å²) >= 11 is 3.26. The molecule has 0 amide bonds. The zero-order chi connectivity index (χ0) is 12.0. The van der Waals surface area contributed by atoms with Gasteiger partial charge in [-0.05, 0) is 39.2 Å². The Kier molecular flexibility index (Phi) is 4.69. The van der Waals surface area contributed by atoms with Crippen LogP contribution in [0.15, 0.2) is 27.8 Å². The predicted molar refractivity (Wildman–Crippen MR) is 65.4 cm³/mol. The molecular formula is C10H10BrN3O2. The fourth-order valence-electron chi connectivity index (χ4n) is 1.12. The number of benzene rings is 1. The van der Waals surface area contributed by atoms with Gasteiger partial charge in [-0.15, -0.1) is 0 Å². The number of phenolic OH excluding ortho intramolecular Hbond substituents is 1. The number of aromatic hydroxyl groups is 1. The van der Waals surface area contributed by atoms with Gasteiger partial charge in [0.05, 0.1) is 11.6 Å². The van der Waals surface area contributed by atoms with Crippen LogP contribution in [0.1, 0.15) is 5.56 Å². The van der Waals surface area contributed by atoms with E-state index >= 15 is 0 Å². The summed E-state index contributed by atoms with van der Waals surface area (Å²) in [7, 11) is 1.48. The SMILES string of the molecule is COc1ccc(C=CCN=[N+]=[N-])c(Br)c1O. The lowest BCUT2D eigenvalue weighted by Gasteiger charge is -2.06. The molecule has 0 atom stereocenters. The first-order valence-corrected chi connectivity index (χ1v) is 5.23. The number of rotatable bonds is 4. The highest BCUT2D eigenvalue weighted by molar-refractivity contribution is 9.10.